The maximum Gasteiger partial charge on any atom is 0.134 e. The molecule has 2 aromatic heterocycles. The number of hydrogen-bond acceptors (Lipinski definition) is 3. The summed E-state index contributed by atoms with van der Waals surface area (Å²) in [5, 5.41) is 10.5. The number of aromatic hydroxyl groups is 1. The lowest BCUT2D eigenvalue weighted by Crippen LogP contribution is -1.85. The zero-order valence-electron chi connectivity index (χ0n) is 9.04. The van der Waals surface area contributed by atoms with Crippen molar-refractivity contribution in [2.45, 2.75) is 0 Å². The monoisotopic (exact) mass is 222 g/mol. The molecule has 3 nitrogen and oxygen atoms in total. The molecule has 0 bridgehead atoms. The van der Waals surface area contributed by atoms with Crippen LogP contribution in [0.5, 0.6) is 5.75 Å². The summed E-state index contributed by atoms with van der Waals surface area (Å²) in [4.78, 5) is 8.37. The molecule has 3 heteroatoms. The van der Waals surface area contributed by atoms with E-state index in [1.807, 2.05) is 30.3 Å². The third-order valence-electron chi connectivity index (χ3n) is 2.67. The predicted octanol–water partition coefficient (Wildman–Crippen LogP) is 3.00. The third-order valence-corrected chi connectivity index (χ3v) is 2.67. The Bertz CT molecular complexity index is 674. The molecule has 0 saturated heterocycles. The van der Waals surface area contributed by atoms with Gasteiger partial charge in [0.2, 0.25) is 0 Å². The minimum absolute atomic E-state index is 0.162. The van der Waals surface area contributed by atoms with E-state index in [9.17, 15) is 5.11 Å². The summed E-state index contributed by atoms with van der Waals surface area (Å²) < 4.78 is 0. The number of benzene rings is 1. The summed E-state index contributed by atoms with van der Waals surface area (Å²) >= 11 is 0. The Labute approximate surface area is 98.4 Å². The van der Waals surface area contributed by atoms with Gasteiger partial charge in [-0.3, -0.25) is 9.97 Å². The van der Waals surface area contributed by atoms with Crippen LogP contribution in [0.1, 0.15) is 0 Å². The highest BCUT2D eigenvalue weighted by molar-refractivity contribution is 5.93. The molecule has 0 amide bonds. The number of fused-ring (bicyclic) bond motifs is 1. The van der Waals surface area contributed by atoms with Crippen molar-refractivity contribution in [2.24, 2.45) is 0 Å². The van der Waals surface area contributed by atoms with E-state index < -0.39 is 0 Å². The molecule has 2 heterocycles. The zero-order chi connectivity index (χ0) is 11.7. The smallest absolute Gasteiger partial charge is 0.134 e. The van der Waals surface area contributed by atoms with Gasteiger partial charge in [0.15, 0.2) is 0 Å². The zero-order valence-corrected chi connectivity index (χ0v) is 9.04. The quantitative estimate of drug-likeness (QED) is 0.688. The summed E-state index contributed by atoms with van der Waals surface area (Å²) in [6.45, 7) is 0. The SMILES string of the molecule is Oc1cncc(-c2cccc3cccnc23)c1. The molecule has 0 unspecified atom stereocenters. The van der Waals surface area contributed by atoms with Crippen molar-refractivity contribution in [2.75, 3.05) is 0 Å². The second-order valence-corrected chi connectivity index (χ2v) is 3.81. The topological polar surface area (TPSA) is 46.0 Å². The largest absolute Gasteiger partial charge is 0.506 e. The van der Waals surface area contributed by atoms with Gasteiger partial charge in [-0.1, -0.05) is 24.3 Å². The molecule has 0 fully saturated rings. The first-order valence-electron chi connectivity index (χ1n) is 5.33. The number of para-hydroxylation sites is 1. The van der Waals surface area contributed by atoms with Crippen LogP contribution >= 0.6 is 0 Å². The Balaban J connectivity index is 2.30. The van der Waals surface area contributed by atoms with Crippen LogP contribution in [-0.2, 0) is 0 Å². The predicted molar refractivity (Wildman–Crippen MR) is 66.6 cm³/mol. The molecule has 3 rings (SSSR count). The number of rotatable bonds is 1. The highest BCUT2D eigenvalue weighted by Crippen LogP contribution is 2.27. The molecule has 0 aliphatic carbocycles. The van der Waals surface area contributed by atoms with Crippen molar-refractivity contribution in [3.63, 3.8) is 0 Å². The molecule has 0 aliphatic heterocycles. The van der Waals surface area contributed by atoms with Gasteiger partial charge in [-0.05, 0) is 12.1 Å². The minimum Gasteiger partial charge on any atom is -0.506 e. The summed E-state index contributed by atoms with van der Waals surface area (Å²) in [6.07, 6.45) is 4.91. The van der Waals surface area contributed by atoms with Crippen molar-refractivity contribution in [3.05, 3.63) is 55.0 Å². The summed E-state index contributed by atoms with van der Waals surface area (Å²) in [6, 6.07) is 11.6. The molecule has 82 valence electrons. The van der Waals surface area contributed by atoms with E-state index in [4.69, 9.17) is 0 Å². The normalized spacial score (nSPS) is 10.6. The van der Waals surface area contributed by atoms with Crippen molar-refractivity contribution in [1.82, 2.24) is 9.97 Å². The third kappa shape index (κ3) is 1.72. The lowest BCUT2D eigenvalue weighted by atomic mass is 10.0. The fourth-order valence-electron chi connectivity index (χ4n) is 1.91. The summed E-state index contributed by atoms with van der Waals surface area (Å²) in [5.41, 5.74) is 2.77. The van der Waals surface area contributed by atoms with E-state index in [1.165, 1.54) is 6.20 Å². The van der Waals surface area contributed by atoms with Gasteiger partial charge in [0, 0.05) is 28.9 Å². The van der Waals surface area contributed by atoms with Crippen molar-refractivity contribution in [3.8, 4) is 16.9 Å². The molecule has 1 N–H and O–H groups in total. The molecule has 17 heavy (non-hydrogen) atoms. The number of nitrogens with zero attached hydrogens (tertiary/aromatic N) is 2. The lowest BCUT2D eigenvalue weighted by Gasteiger charge is -2.05. The Hall–Kier alpha value is -2.42. The van der Waals surface area contributed by atoms with Gasteiger partial charge in [0.05, 0.1) is 11.7 Å². The van der Waals surface area contributed by atoms with Crippen LogP contribution in [0.3, 0.4) is 0 Å². The summed E-state index contributed by atoms with van der Waals surface area (Å²) in [7, 11) is 0. The van der Waals surface area contributed by atoms with Crippen LogP contribution < -0.4 is 0 Å². The molecular weight excluding hydrogens is 212 g/mol. The average Bonchev–Trinajstić information content (AvgIpc) is 2.38. The Morgan fingerprint density at radius 2 is 1.88 bits per heavy atom. The molecule has 0 spiro atoms. The standard InChI is InChI=1S/C14H10N2O/c17-12-7-11(8-15-9-12)13-5-1-3-10-4-2-6-16-14(10)13/h1-9,17H. The second-order valence-electron chi connectivity index (χ2n) is 3.81. The van der Waals surface area contributed by atoms with Crippen LogP contribution in [0, 0.1) is 0 Å². The first kappa shape index (κ1) is 9.78. The first-order valence-corrected chi connectivity index (χ1v) is 5.33. The van der Waals surface area contributed by atoms with E-state index in [-0.39, 0.29) is 5.75 Å². The number of hydrogen-bond donors (Lipinski definition) is 1. The lowest BCUT2D eigenvalue weighted by molar-refractivity contribution is 0.473. The van der Waals surface area contributed by atoms with E-state index in [2.05, 4.69) is 9.97 Å². The molecular formula is C14H10N2O. The van der Waals surface area contributed by atoms with Crippen LogP contribution in [0.2, 0.25) is 0 Å². The fraction of sp³-hybridized carbons (Fsp3) is 0. The van der Waals surface area contributed by atoms with Gasteiger partial charge in [-0.25, -0.2) is 0 Å². The van der Waals surface area contributed by atoms with Crippen LogP contribution in [-0.4, -0.2) is 15.1 Å². The first-order chi connectivity index (χ1) is 8.34. The molecule has 0 radical (unpaired) electrons. The maximum atomic E-state index is 9.46. The molecule has 0 saturated carbocycles. The maximum absolute atomic E-state index is 9.46. The number of aromatic nitrogens is 2. The highest BCUT2D eigenvalue weighted by Gasteiger charge is 2.05. The van der Waals surface area contributed by atoms with Crippen molar-refractivity contribution < 1.29 is 5.11 Å². The Kier molecular flexibility index (Phi) is 2.22. The molecule has 0 aliphatic rings. The van der Waals surface area contributed by atoms with Gasteiger partial charge in [0.1, 0.15) is 5.75 Å². The Morgan fingerprint density at radius 1 is 1.00 bits per heavy atom. The average molecular weight is 222 g/mol. The van der Waals surface area contributed by atoms with Gasteiger partial charge in [-0.15, -0.1) is 0 Å². The van der Waals surface area contributed by atoms with Gasteiger partial charge < -0.3 is 5.11 Å². The van der Waals surface area contributed by atoms with Crippen molar-refractivity contribution >= 4 is 10.9 Å². The van der Waals surface area contributed by atoms with Crippen molar-refractivity contribution in [1.29, 1.82) is 0 Å². The summed E-state index contributed by atoms with van der Waals surface area (Å²) in [5.74, 6) is 0.162. The van der Waals surface area contributed by atoms with E-state index >= 15 is 0 Å². The van der Waals surface area contributed by atoms with E-state index in [0.29, 0.717) is 0 Å². The van der Waals surface area contributed by atoms with E-state index in [1.54, 1.807) is 18.5 Å². The highest BCUT2D eigenvalue weighted by atomic mass is 16.3. The van der Waals surface area contributed by atoms with Crippen LogP contribution in [0.25, 0.3) is 22.0 Å². The minimum atomic E-state index is 0.162. The van der Waals surface area contributed by atoms with E-state index in [0.717, 1.165) is 22.0 Å². The Morgan fingerprint density at radius 3 is 2.76 bits per heavy atom. The fourth-order valence-corrected chi connectivity index (χ4v) is 1.91. The van der Waals surface area contributed by atoms with Crippen LogP contribution in [0.4, 0.5) is 0 Å². The second kappa shape index (κ2) is 3.87. The van der Waals surface area contributed by atoms with Gasteiger partial charge in [0.25, 0.3) is 0 Å². The van der Waals surface area contributed by atoms with Gasteiger partial charge >= 0.3 is 0 Å². The van der Waals surface area contributed by atoms with Crippen LogP contribution in [0.15, 0.2) is 55.0 Å². The molecule has 1 aromatic carbocycles. The van der Waals surface area contributed by atoms with Gasteiger partial charge in [-0.2, -0.15) is 0 Å². The molecule has 3 aromatic rings. The molecule has 0 atom stereocenters. The number of pyridine rings is 2.